The van der Waals surface area contributed by atoms with Crippen LogP contribution in [0.2, 0.25) is 0 Å². The van der Waals surface area contributed by atoms with E-state index in [-0.39, 0.29) is 0 Å². The predicted molar refractivity (Wildman–Crippen MR) is 83.5 cm³/mol. The molecule has 1 atom stereocenters. The van der Waals surface area contributed by atoms with E-state index in [9.17, 15) is 0 Å². The third-order valence-electron chi connectivity index (χ3n) is 4.42. The first kappa shape index (κ1) is 12.7. The van der Waals surface area contributed by atoms with Gasteiger partial charge in [-0.05, 0) is 49.6 Å². The summed E-state index contributed by atoms with van der Waals surface area (Å²) >= 11 is 0. The fraction of sp³-hybridized carbons (Fsp3) is 0.353. The molecule has 21 heavy (non-hydrogen) atoms. The summed E-state index contributed by atoms with van der Waals surface area (Å²) in [6.07, 6.45) is 12.5. The molecule has 108 valence electrons. The average Bonchev–Trinajstić information content (AvgIpc) is 3.09. The Morgan fingerprint density at radius 3 is 3.10 bits per heavy atom. The number of hydrogen-bond acceptors (Lipinski definition) is 2. The Labute approximate surface area is 124 Å². The number of imidazole rings is 1. The maximum atomic E-state index is 4.68. The molecule has 0 aliphatic heterocycles. The van der Waals surface area contributed by atoms with Crippen LogP contribution in [0.3, 0.4) is 0 Å². The molecule has 4 nitrogen and oxygen atoms in total. The van der Waals surface area contributed by atoms with Crippen LogP contribution in [0.4, 0.5) is 0 Å². The highest BCUT2D eigenvalue weighted by atomic mass is 15.0. The van der Waals surface area contributed by atoms with E-state index in [0.29, 0.717) is 6.04 Å². The maximum Gasteiger partial charge on any atom is 0.137 e. The predicted octanol–water partition coefficient (Wildman–Crippen LogP) is 2.78. The zero-order valence-electron chi connectivity index (χ0n) is 12.3. The van der Waals surface area contributed by atoms with Crippen LogP contribution in [-0.2, 0) is 13.0 Å². The summed E-state index contributed by atoms with van der Waals surface area (Å²) in [6.45, 7) is 0.838. The number of nitrogens with zero attached hydrogens (tertiary/aromatic N) is 3. The van der Waals surface area contributed by atoms with Gasteiger partial charge in [0.25, 0.3) is 0 Å². The summed E-state index contributed by atoms with van der Waals surface area (Å²) in [5.41, 5.74) is 5.07. The van der Waals surface area contributed by atoms with Crippen LogP contribution in [0.15, 0.2) is 43.0 Å². The second-order valence-corrected chi connectivity index (χ2v) is 5.84. The molecule has 1 aliphatic carbocycles. The minimum atomic E-state index is 0.510. The van der Waals surface area contributed by atoms with Gasteiger partial charge in [-0.1, -0.05) is 6.07 Å². The van der Waals surface area contributed by atoms with E-state index in [0.717, 1.165) is 17.9 Å². The molecule has 0 amide bonds. The Kier molecular flexibility index (Phi) is 3.04. The number of pyridine rings is 1. The molecule has 0 spiro atoms. The van der Waals surface area contributed by atoms with Gasteiger partial charge in [0, 0.05) is 30.8 Å². The van der Waals surface area contributed by atoms with Crippen molar-refractivity contribution in [2.24, 2.45) is 0 Å². The highest BCUT2D eigenvalue weighted by Crippen LogP contribution is 2.30. The number of nitrogens with one attached hydrogen (secondary N) is 1. The second-order valence-electron chi connectivity index (χ2n) is 5.84. The maximum absolute atomic E-state index is 4.68. The molecular formula is C17H20N4. The average molecular weight is 280 g/mol. The van der Waals surface area contributed by atoms with Crippen molar-refractivity contribution in [1.29, 1.82) is 0 Å². The molecule has 1 N–H and O–H groups in total. The smallest absolute Gasteiger partial charge is 0.137 e. The van der Waals surface area contributed by atoms with Crippen molar-refractivity contribution in [2.45, 2.75) is 31.8 Å². The van der Waals surface area contributed by atoms with Gasteiger partial charge >= 0.3 is 0 Å². The van der Waals surface area contributed by atoms with Crippen LogP contribution >= 0.6 is 0 Å². The second kappa shape index (κ2) is 5.04. The van der Waals surface area contributed by atoms with Gasteiger partial charge in [0.2, 0.25) is 0 Å². The Bertz CT molecular complexity index is 735. The van der Waals surface area contributed by atoms with E-state index in [1.54, 1.807) is 0 Å². The third-order valence-corrected chi connectivity index (χ3v) is 4.42. The van der Waals surface area contributed by atoms with Gasteiger partial charge in [-0.25, -0.2) is 4.98 Å². The lowest BCUT2D eigenvalue weighted by molar-refractivity contribution is 0.498. The number of aromatic nitrogens is 3. The normalized spacial score (nSPS) is 18.0. The first-order valence-corrected chi connectivity index (χ1v) is 7.62. The third kappa shape index (κ3) is 2.25. The van der Waals surface area contributed by atoms with Crippen molar-refractivity contribution in [2.75, 3.05) is 7.05 Å². The van der Waals surface area contributed by atoms with Gasteiger partial charge < -0.3 is 14.3 Å². The van der Waals surface area contributed by atoms with E-state index in [2.05, 4.69) is 44.9 Å². The number of aryl methyl sites for hydroxylation is 1. The summed E-state index contributed by atoms with van der Waals surface area (Å²) in [4.78, 5) is 4.68. The molecule has 0 saturated carbocycles. The molecule has 3 aromatic rings. The molecule has 0 bridgehead atoms. The lowest BCUT2D eigenvalue weighted by Gasteiger charge is -2.21. The van der Waals surface area contributed by atoms with Crippen molar-refractivity contribution in [3.63, 3.8) is 0 Å². The summed E-state index contributed by atoms with van der Waals surface area (Å²) in [6, 6.07) is 6.61. The van der Waals surface area contributed by atoms with E-state index in [1.807, 2.05) is 24.4 Å². The molecule has 1 aliphatic rings. The van der Waals surface area contributed by atoms with Crippen LogP contribution in [0.1, 0.15) is 35.7 Å². The molecular weight excluding hydrogens is 260 g/mol. The van der Waals surface area contributed by atoms with Crippen molar-refractivity contribution in [3.8, 4) is 0 Å². The Morgan fingerprint density at radius 2 is 2.24 bits per heavy atom. The van der Waals surface area contributed by atoms with Crippen molar-refractivity contribution in [3.05, 3.63) is 59.8 Å². The zero-order chi connectivity index (χ0) is 14.2. The van der Waals surface area contributed by atoms with Gasteiger partial charge in [-0.15, -0.1) is 0 Å². The van der Waals surface area contributed by atoms with Crippen LogP contribution in [0.25, 0.3) is 5.65 Å². The molecule has 0 saturated heterocycles. The lowest BCUT2D eigenvalue weighted by Crippen LogP contribution is -2.20. The van der Waals surface area contributed by atoms with Gasteiger partial charge in [-0.2, -0.15) is 0 Å². The summed E-state index contributed by atoms with van der Waals surface area (Å²) < 4.78 is 4.36. The lowest BCUT2D eigenvalue weighted by atomic mass is 9.91. The van der Waals surface area contributed by atoms with Gasteiger partial charge in [0.15, 0.2) is 0 Å². The highest BCUT2D eigenvalue weighted by molar-refractivity contribution is 5.39. The monoisotopic (exact) mass is 280 g/mol. The molecule has 0 fully saturated rings. The first-order valence-electron chi connectivity index (χ1n) is 7.62. The van der Waals surface area contributed by atoms with Crippen molar-refractivity contribution >= 4 is 5.65 Å². The molecule has 3 heterocycles. The fourth-order valence-electron chi connectivity index (χ4n) is 3.39. The van der Waals surface area contributed by atoms with Gasteiger partial charge in [0.05, 0.1) is 12.2 Å². The zero-order valence-corrected chi connectivity index (χ0v) is 12.3. The first-order chi connectivity index (χ1) is 10.3. The van der Waals surface area contributed by atoms with E-state index in [1.165, 1.54) is 30.4 Å². The van der Waals surface area contributed by atoms with Gasteiger partial charge in [0.1, 0.15) is 5.65 Å². The minimum Gasteiger partial charge on any atom is -0.348 e. The SMILES string of the molecule is CNC1CCCc2cn(Cc3cn4ccccc4n3)cc21. The topological polar surface area (TPSA) is 34.3 Å². The molecule has 4 rings (SSSR count). The standard InChI is InChI=1S/C17H20N4/c1-18-16-6-4-5-13-9-20(12-15(13)16)10-14-11-21-8-3-2-7-17(21)19-14/h2-3,7-9,11-12,16,18H,4-6,10H2,1H3. The van der Waals surface area contributed by atoms with Crippen LogP contribution in [-0.4, -0.2) is 21.0 Å². The van der Waals surface area contributed by atoms with E-state index in [4.69, 9.17) is 0 Å². The minimum absolute atomic E-state index is 0.510. The fourth-order valence-corrected chi connectivity index (χ4v) is 3.39. The van der Waals surface area contributed by atoms with Crippen LogP contribution in [0, 0.1) is 0 Å². The summed E-state index contributed by atoms with van der Waals surface area (Å²) in [7, 11) is 2.05. The number of hydrogen-bond donors (Lipinski definition) is 1. The number of fused-ring (bicyclic) bond motifs is 2. The summed E-state index contributed by atoms with van der Waals surface area (Å²) in [5.74, 6) is 0. The molecule has 1 unspecified atom stereocenters. The molecule has 0 aromatic carbocycles. The van der Waals surface area contributed by atoms with E-state index >= 15 is 0 Å². The number of rotatable bonds is 3. The Hall–Kier alpha value is -2.07. The largest absolute Gasteiger partial charge is 0.348 e. The van der Waals surface area contributed by atoms with Gasteiger partial charge in [-0.3, -0.25) is 0 Å². The van der Waals surface area contributed by atoms with Crippen LogP contribution in [0.5, 0.6) is 0 Å². The van der Waals surface area contributed by atoms with Crippen LogP contribution < -0.4 is 5.32 Å². The molecule has 3 aromatic heterocycles. The van der Waals surface area contributed by atoms with Crippen molar-refractivity contribution in [1.82, 2.24) is 19.3 Å². The molecule has 0 radical (unpaired) electrons. The van der Waals surface area contributed by atoms with Crippen molar-refractivity contribution < 1.29 is 0 Å². The van der Waals surface area contributed by atoms with E-state index < -0.39 is 0 Å². The highest BCUT2D eigenvalue weighted by Gasteiger charge is 2.20. The quantitative estimate of drug-likeness (QED) is 0.800. The Morgan fingerprint density at radius 1 is 1.29 bits per heavy atom. The Balaban J connectivity index is 1.64. The summed E-state index contributed by atoms with van der Waals surface area (Å²) in [5, 5.41) is 3.43. The molecule has 4 heteroatoms.